The number of rotatable bonds is 5. The average molecular weight is 288 g/mol. The fourth-order valence-corrected chi connectivity index (χ4v) is 2.94. The maximum Gasteiger partial charge on any atom is 0.147 e. The highest BCUT2D eigenvalue weighted by atomic mass is 32.2. The summed E-state index contributed by atoms with van der Waals surface area (Å²) in [4.78, 5) is 10.3. The van der Waals surface area contributed by atoms with Crippen molar-refractivity contribution in [2.45, 2.75) is 37.3 Å². The van der Waals surface area contributed by atoms with E-state index in [0.29, 0.717) is 5.92 Å². The molecule has 4 nitrogen and oxygen atoms in total. The van der Waals surface area contributed by atoms with Crippen LogP contribution in [-0.4, -0.2) is 9.97 Å². The van der Waals surface area contributed by atoms with Crippen LogP contribution in [0.5, 0.6) is 0 Å². The maximum absolute atomic E-state index is 5.59. The molecule has 0 aliphatic rings. The Kier molecular flexibility index (Phi) is 4.98. The van der Waals surface area contributed by atoms with Gasteiger partial charge in [-0.1, -0.05) is 32.0 Å². The smallest absolute Gasteiger partial charge is 0.147 e. The Morgan fingerprint density at radius 2 is 1.90 bits per heavy atom. The van der Waals surface area contributed by atoms with E-state index >= 15 is 0 Å². The number of thioether (sulfide) groups is 1. The molecule has 2 aromatic rings. The molecule has 0 unspecified atom stereocenters. The van der Waals surface area contributed by atoms with E-state index in [1.54, 1.807) is 11.8 Å². The lowest BCUT2D eigenvalue weighted by atomic mass is 10.0. The molecule has 20 heavy (non-hydrogen) atoms. The van der Waals surface area contributed by atoms with Crippen LogP contribution in [0, 0.1) is 6.92 Å². The van der Waals surface area contributed by atoms with Gasteiger partial charge in [0.25, 0.3) is 0 Å². The summed E-state index contributed by atoms with van der Waals surface area (Å²) >= 11 is 1.72. The van der Waals surface area contributed by atoms with Crippen molar-refractivity contribution < 1.29 is 0 Å². The zero-order chi connectivity index (χ0) is 14.5. The zero-order valence-electron chi connectivity index (χ0n) is 12.1. The average Bonchev–Trinajstić information content (AvgIpc) is 2.45. The van der Waals surface area contributed by atoms with Gasteiger partial charge in [0, 0.05) is 16.2 Å². The number of aryl methyl sites for hydroxylation is 1. The topological polar surface area (TPSA) is 63.8 Å². The predicted molar refractivity (Wildman–Crippen MR) is 84.7 cm³/mol. The van der Waals surface area contributed by atoms with Crippen molar-refractivity contribution in [3.63, 3.8) is 0 Å². The minimum atomic E-state index is 0.344. The number of hydrogen-bond acceptors (Lipinski definition) is 5. The predicted octanol–water partition coefficient (Wildman–Crippen LogP) is 3.49. The van der Waals surface area contributed by atoms with Crippen molar-refractivity contribution in [3.8, 4) is 0 Å². The van der Waals surface area contributed by atoms with E-state index in [4.69, 9.17) is 5.84 Å². The standard InChI is InChI=1S/C15H20N4S/c1-10(2)14-11(3)17-13(18-15(14)19-16)9-20-12-7-5-4-6-8-12/h4-8,10H,9,16H2,1-3H3,(H,17,18,19). The molecule has 0 fully saturated rings. The monoisotopic (exact) mass is 288 g/mol. The summed E-state index contributed by atoms with van der Waals surface area (Å²) in [6, 6.07) is 10.2. The molecule has 1 heterocycles. The molecule has 0 amide bonds. The number of nitrogens with one attached hydrogen (secondary N) is 1. The Hall–Kier alpha value is -1.59. The van der Waals surface area contributed by atoms with Gasteiger partial charge in [-0.2, -0.15) is 0 Å². The van der Waals surface area contributed by atoms with Crippen LogP contribution >= 0.6 is 11.8 Å². The third-order valence-corrected chi connectivity index (χ3v) is 4.02. The lowest BCUT2D eigenvalue weighted by Gasteiger charge is -2.15. The molecule has 2 rings (SSSR count). The van der Waals surface area contributed by atoms with Crippen molar-refractivity contribution in [2.24, 2.45) is 5.84 Å². The third-order valence-electron chi connectivity index (χ3n) is 3.01. The van der Waals surface area contributed by atoms with E-state index in [-0.39, 0.29) is 0 Å². The van der Waals surface area contributed by atoms with Crippen LogP contribution in [0.2, 0.25) is 0 Å². The van der Waals surface area contributed by atoms with Crippen molar-refractivity contribution in [2.75, 3.05) is 5.43 Å². The summed E-state index contributed by atoms with van der Waals surface area (Å²) < 4.78 is 0. The SMILES string of the molecule is Cc1nc(CSc2ccccc2)nc(NN)c1C(C)C. The summed E-state index contributed by atoms with van der Waals surface area (Å²) in [7, 11) is 0. The molecule has 0 saturated carbocycles. The number of benzene rings is 1. The molecular formula is C15H20N4S. The van der Waals surface area contributed by atoms with Crippen molar-refractivity contribution in [1.29, 1.82) is 0 Å². The fraction of sp³-hybridized carbons (Fsp3) is 0.333. The second-order valence-electron chi connectivity index (χ2n) is 4.89. The third kappa shape index (κ3) is 3.49. The molecular weight excluding hydrogens is 268 g/mol. The van der Waals surface area contributed by atoms with Gasteiger partial charge in [0.15, 0.2) is 0 Å². The number of hydrogen-bond donors (Lipinski definition) is 2. The first-order chi connectivity index (χ1) is 9.61. The van der Waals surface area contributed by atoms with Crippen LogP contribution in [-0.2, 0) is 5.75 Å². The van der Waals surface area contributed by atoms with Crippen LogP contribution in [0.25, 0.3) is 0 Å². The van der Waals surface area contributed by atoms with E-state index in [1.807, 2.05) is 25.1 Å². The van der Waals surface area contributed by atoms with Crippen molar-refractivity contribution in [1.82, 2.24) is 9.97 Å². The molecule has 106 valence electrons. The molecule has 0 aliphatic heterocycles. The van der Waals surface area contributed by atoms with Gasteiger partial charge in [-0.25, -0.2) is 15.8 Å². The highest BCUT2D eigenvalue weighted by molar-refractivity contribution is 7.98. The van der Waals surface area contributed by atoms with Gasteiger partial charge in [0.05, 0.1) is 5.75 Å². The number of nitrogens with two attached hydrogens (primary N) is 1. The summed E-state index contributed by atoms with van der Waals surface area (Å²) in [6.07, 6.45) is 0. The molecule has 1 aromatic heterocycles. The van der Waals surface area contributed by atoms with Gasteiger partial charge in [-0.15, -0.1) is 11.8 Å². The van der Waals surface area contributed by atoms with Crippen molar-refractivity contribution >= 4 is 17.6 Å². The van der Waals surface area contributed by atoms with Gasteiger partial charge in [-0.05, 0) is 25.0 Å². The minimum absolute atomic E-state index is 0.344. The summed E-state index contributed by atoms with van der Waals surface area (Å²) in [5.74, 6) is 8.20. The van der Waals surface area contributed by atoms with Gasteiger partial charge < -0.3 is 5.43 Å². The molecule has 3 N–H and O–H groups in total. The second kappa shape index (κ2) is 6.72. The summed E-state index contributed by atoms with van der Waals surface area (Å²) in [6.45, 7) is 6.24. The fourth-order valence-electron chi connectivity index (χ4n) is 2.17. The lowest BCUT2D eigenvalue weighted by Crippen LogP contribution is -2.15. The van der Waals surface area contributed by atoms with Gasteiger partial charge in [0.1, 0.15) is 11.6 Å². The van der Waals surface area contributed by atoms with Crippen molar-refractivity contribution in [3.05, 3.63) is 47.4 Å². The van der Waals surface area contributed by atoms with Gasteiger partial charge in [0.2, 0.25) is 0 Å². The molecule has 1 aromatic carbocycles. The van der Waals surface area contributed by atoms with Gasteiger partial charge >= 0.3 is 0 Å². The minimum Gasteiger partial charge on any atom is -0.308 e. The number of aromatic nitrogens is 2. The molecule has 5 heteroatoms. The molecule has 0 saturated heterocycles. The molecule has 0 bridgehead atoms. The first kappa shape index (κ1) is 14.8. The van der Waals surface area contributed by atoms with E-state index in [2.05, 4.69) is 41.4 Å². The Bertz CT molecular complexity index is 570. The lowest BCUT2D eigenvalue weighted by molar-refractivity contribution is 0.818. The van der Waals surface area contributed by atoms with Crippen LogP contribution in [0.15, 0.2) is 35.2 Å². The molecule has 0 aliphatic carbocycles. The van der Waals surface area contributed by atoms with E-state index in [9.17, 15) is 0 Å². The van der Waals surface area contributed by atoms with Crippen LogP contribution < -0.4 is 11.3 Å². The normalized spacial score (nSPS) is 10.8. The van der Waals surface area contributed by atoms with E-state index in [0.717, 1.165) is 28.7 Å². The number of hydrazine groups is 1. The Morgan fingerprint density at radius 1 is 1.20 bits per heavy atom. The van der Waals surface area contributed by atoms with E-state index in [1.165, 1.54) is 4.90 Å². The second-order valence-corrected chi connectivity index (χ2v) is 5.94. The molecule has 0 spiro atoms. The largest absolute Gasteiger partial charge is 0.308 e. The van der Waals surface area contributed by atoms with Crippen LogP contribution in [0.4, 0.5) is 5.82 Å². The highest BCUT2D eigenvalue weighted by Crippen LogP contribution is 2.27. The number of nitrogen functional groups attached to an aromatic ring is 1. The highest BCUT2D eigenvalue weighted by Gasteiger charge is 2.14. The van der Waals surface area contributed by atoms with Gasteiger partial charge in [-0.3, -0.25) is 0 Å². The molecule has 0 atom stereocenters. The first-order valence-corrected chi connectivity index (χ1v) is 7.62. The summed E-state index contributed by atoms with van der Waals surface area (Å²) in [5.41, 5.74) is 4.77. The first-order valence-electron chi connectivity index (χ1n) is 6.63. The van der Waals surface area contributed by atoms with Crippen LogP contribution in [0.1, 0.15) is 36.8 Å². The van der Waals surface area contributed by atoms with Crippen LogP contribution in [0.3, 0.4) is 0 Å². The number of anilines is 1. The summed E-state index contributed by atoms with van der Waals surface area (Å²) in [5, 5.41) is 0. The quantitative estimate of drug-likeness (QED) is 0.501. The Labute approximate surface area is 124 Å². The number of nitrogens with zero attached hydrogens (tertiary/aromatic N) is 2. The zero-order valence-corrected chi connectivity index (χ0v) is 12.9. The Morgan fingerprint density at radius 3 is 2.50 bits per heavy atom. The molecule has 0 radical (unpaired) electrons. The Balaban J connectivity index is 2.19. The maximum atomic E-state index is 5.59. The van der Waals surface area contributed by atoms with E-state index < -0.39 is 0 Å².